The topological polar surface area (TPSA) is 23.6 Å². The van der Waals surface area contributed by atoms with Crippen molar-refractivity contribution in [3.05, 3.63) is 40.7 Å². The molecule has 0 bridgehead atoms. The van der Waals surface area contributed by atoms with Crippen LogP contribution in [0.5, 0.6) is 0 Å². The van der Waals surface area contributed by atoms with E-state index in [9.17, 15) is 4.79 Å². The standard InChI is InChI=1S/C12H12N2OS2/c1-3-6-14-11(15)10(13(2)12(14)16)8-9-5-4-7-17-9/h3-5,7-8H,1,6H2,2H3. The van der Waals surface area contributed by atoms with Crippen LogP contribution in [0, 0.1) is 0 Å². The van der Waals surface area contributed by atoms with Crippen molar-refractivity contribution in [2.75, 3.05) is 13.6 Å². The van der Waals surface area contributed by atoms with Gasteiger partial charge in [0, 0.05) is 18.5 Å². The van der Waals surface area contributed by atoms with Gasteiger partial charge < -0.3 is 4.90 Å². The van der Waals surface area contributed by atoms with E-state index in [1.807, 2.05) is 30.6 Å². The first-order valence-electron chi connectivity index (χ1n) is 5.11. The molecule has 1 saturated heterocycles. The summed E-state index contributed by atoms with van der Waals surface area (Å²) in [5, 5.41) is 2.50. The SMILES string of the molecule is C=CCN1C(=O)C(=Cc2cccs2)N(C)C1=S. The molecular formula is C12H12N2OS2. The Morgan fingerprint density at radius 3 is 2.94 bits per heavy atom. The van der Waals surface area contributed by atoms with Gasteiger partial charge in [0.15, 0.2) is 5.11 Å². The van der Waals surface area contributed by atoms with Crippen LogP contribution in [0.2, 0.25) is 0 Å². The molecule has 0 spiro atoms. The Balaban J connectivity index is 2.33. The summed E-state index contributed by atoms with van der Waals surface area (Å²) < 4.78 is 0. The third-order valence-electron chi connectivity index (χ3n) is 2.48. The molecule has 1 amide bonds. The molecular weight excluding hydrogens is 252 g/mol. The lowest BCUT2D eigenvalue weighted by Gasteiger charge is -2.13. The second-order valence-corrected chi connectivity index (χ2v) is 4.94. The summed E-state index contributed by atoms with van der Waals surface area (Å²) in [6.07, 6.45) is 3.54. The van der Waals surface area contributed by atoms with Crippen LogP contribution in [0.15, 0.2) is 35.9 Å². The number of amides is 1. The van der Waals surface area contributed by atoms with Gasteiger partial charge in [-0.2, -0.15) is 0 Å². The van der Waals surface area contributed by atoms with Crippen molar-refractivity contribution in [2.45, 2.75) is 0 Å². The molecule has 0 atom stereocenters. The Morgan fingerprint density at radius 1 is 1.59 bits per heavy atom. The van der Waals surface area contributed by atoms with Crippen LogP contribution in [0.1, 0.15) is 4.88 Å². The van der Waals surface area contributed by atoms with Gasteiger partial charge >= 0.3 is 0 Å². The predicted octanol–water partition coefficient (Wildman–Crippen LogP) is 2.33. The Labute approximate surface area is 110 Å². The number of rotatable bonds is 3. The van der Waals surface area contributed by atoms with Gasteiger partial charge in [-0.3, -0.25) is 9.69 Å². The maximum Gasteiger partial charge on any atom is 0.277 e. The molecule has 3 nitrogen and oxygen atoms in total. The lowest BCUT2D eigenvalue weighted by Crippen LogP contribution is -2.31. The van der Waals surface area contributed by atoms with Crippen molar-refractivity contribution in [3.63, 3.8) is 0 Å². The van der Waals surface area contributed by atoms with Gasteiger partial charge in [-0.05, 0) is 29.7 Å². The smallest absolute Gasteiger partial charge is 0.277 e. The van der Waals surface area contributed by atoms with E-state index < -0.39 is 0 Å². The number of hydrogen-bond donors (Lipinski definition) is 0. The van der Waals surface area contributed by atoms with E-state index >= 15 is 0 Å². The normalized spacial score (nSPS) is 18.3. The molecule has 1 fully saturated rings. The number of thiocarbonyl (C=S) groups is 1. The quantitative estimate of drug-likeness (QED) is 0.475. The third kappa shape index (κ3) is 2.16. The summed E-state index contributed by atoms with van der Waals surface area (Å²) in [5.41, 5.74) is 0.610. The second-order valence-electron chi connectivity index (χ2n) is 3.59. The van der Waals surface area contributed by atoms with Gasteiger partial charge in [0.05, 0.1) is 0 Å². The fourth-order valence-corrected chi connectivity index (χ4v) is 2.52. The molecule has 0 radical (unpaired) electrons. The van der Waals surface area contributed by atoms with E-state index in [-0.39, 0.29) is 5.91 Å². The molecule has 5 heteroatoms. The van der Waals surface area contributed by atoms with E-state index in [2.05, 4.69) is 6.58 Å². The number of nitrogens with zero attached hydrogens (tertiary/aromatic N) is 2. The van der Waals surface area contributed by atoms with Crippen LogP contribution < -0.4 is 0 Å². The average Bonchev–Trinajstić information content (AvgIpc) is 2.88. The summed E-state index contributed by atoms with van der Waals surface area (Å²) in [4.78, 5) is 16.5. The number of carbonyl (C=O) groups excluding carboxylic acids is 1. The lowest BCUT2D eigenvalue weighted by molar-refractivity contribution is -0.122. The van der Waals surface area contributed by atoms with Crippen molar-refractivity contribution in [2.24, 2.45) is 0 Å². The Bertz CT molecular complexity index is 491. The highest BCUT2D eigenvalue weighted by atomic mass is 32.1. The molecule has 1 aromatic rings. The number of hydrogen-bond acceptors (Lipinski definition) is 3. The van der Waals surface area contributed by atoms with Crippen molar-refractivity contribution in [1.29, 1.82) is 0 Å². The lowest BCUT2D eigenvalue weighted by atomic mass is 10.3. The maximum atomic E-state index is 12.1. The van der Waals surface area contributed by atoms with Gasteiger partial charge in [-0.15, -0.1) is 17.9 Å². The van der Waals surface area contributed by atoms with Crippen LogP contribution in [-0.2, 0) is 4.79 Å². The zero-order valence-electron chi connectivity index (χ0n) is 9.42. The van der Waals surface area contributed by atoms with Gasteiger partial charge in [0.2, 0.25) is 0 Å². The van der Waals surface area contributed by atoms with Crippen LogP contribution in [-0.4, -0.2) is 34.4 Å². The largest absolute Gasteiger partial charge is 0.317 e. The first-order chi connectivity index (χ1) is 8.15. The molecule has 0 N–H and O–H groups in total. The van der Waals surface area contributed by atoms with E-state index in [0.717, 1.165) is 4.88 Å². The van der Waals surface area contributed by atoms with Crippen molar-refractivity contribution in [3.8, 4) is 0 Å². The molecule has 0 unspecified atom stereocenters. The second kappa shape index (κ2) is 4.81. The molecule has 88 valence electrons. The summed E-state index contributed by atoms with van der Waals surface area (Å²) in [7, 11) is 1.81. The van der Waals surface area contributed by atoms with Gasteiger partial charge in [-0.1, -0.05) is 12.1 Å². The molecule has 0 saturated carbocycles. The Morgan fingerprint density at radius 2 is 2.35 bits per heavy atom. The summed E-state index contributed by atoms with van der Waals surface area (Å²) >= 11 is 6.82. The Kier molecular flexibility index (Phi) is 3.40. The molecule has 1 aromatic heterocycles. The van der Waals surface area contributed by atoms with E-state index in [4.69, 9.17) is 12.2 Å². The summed E-state index contributed by atoms with van der Waals surface area (Å²) in [5.74, 6) is -0.0641. The molecule has 1 aliphatic rings. The van der Waals surface area contributed by atoms with Gasteiger partial charge in [0.25, 0.3) is 5.91 Å². The number of carbonyl (C=O) groups is 1. The van der Waals surface area contributed by atoms with E-state index in [1.165, 1.54) is 0 Å². The van der Waals surface area contributed by atoms with Gasteiger partial charge in [0.1, 0.15) is 5.70 Å². The minimum Gasteiger partial charge on any atom is -0.317 e. The monoisotopic (exact) mass is 264 g/mol. The highest BCUT2D eigenvalue weighted by Gasteiger charge is 2.34. The average molecular weight is 264 g/mol. The molecule has 0 aliphatic carbocycles. The van der Waals surface area contributed by atoms with Crippen molar-refractivity contribution < 1.29 is 4.79 Å². The van der Waals surface area contributed by atoms with Crippen LogP contribution in [0.25, 0.3) is 6.08 Å². The molecule has 2 heterocycles. The van der Waals surface area contributed by atoms with E-state index in [1.54, 1.807) is 27.2 Å². The van der Waals surface area contributed by atoms with Crippen molar-refractivity contribution >= 4 is 40.7 Å². The van der Waals surface area contributed by atoms with Crippen LogP contribution >= 0.6 is 23.6 Å². The highest BCUT2D eigenvalue weighted by molar-refractivity contribution is 7.80. The van der Waals surface area contributed by atoms with E-state index in [0.29, 0.717) is 17.4 Å². The number of likely N-dealkylation sites (N-methyl/N-ethyl adjacent to an activating group) is 1. The molecule has 0 aromatic carbocycles. The summed E-state index contributed by atoms with van der Waals surface area (Å²) in [6, 6.07) is 3.92. The Hall–Kier alpha value is -1.46. The number of thiophene rings is 1. The zero-order valence-corrected chi connectivity index (χ0v) is 11.1. The minimum absolute atomic E-state index is 0.0641. The minimum atomic E-state index is -0.0641. The first kappa shape index (κ1) is 12.0. The molecule has 2 rings (SSSR count). The van der Waals surface area contributed by atoms with Crippen molar-refractivity contribution in [1.82, 2.24) is 9.80 Å². The van der Waals surface area contributed by atoms with Gasteiger partial charge in [-0.25, -0.2) is 0 Å². The third-order valence-corrected chi connectivity index (χ3v) is 3.79. The maximum absolute atomic E-state index is 12.1. The van der Waals surface area contributed by atoms with Crippen LogP contribution in [0.3, 0.4) is 0 Å². The highest BCUT2D eigenvalue weighted by Crippen LogP contribution is 2.23. The van der Waals surface area contributed by atoms with Crippen LogP contribution in [0.4, 0.5) is 0 Å². The first-order valence-corrected chi connectivity index (χ1v) is 6.39. The summed E-state index contributed by atoms with van der Waals surface area (Å²) in [6.45, 7) is 4.08. The zero-order chi connectivity index (χ0) is 12.4. The molecule has 1 aliphatic heterocycles. The fraction of sp³-hybridized carbons (Fsp3) is 0.167. The molecule has 17 heavy (non-hydrogen) atoms. The fourth-order valence-electron chi connectivity index (χ4n) is 1.61. The predicted molar refractivity (Wildman–Crippen MR) is 74.6 cm³/mol.